The molecule has 1 aliphatic carbocycles. The molecule has 0 bridgehead atoms. The highest BCUT2D eigenvalue weighted by Crippen LogP contribution is 2.68. The largest absolute Gasteiger partial charge is 0.497 e. The van der Waals surface area contributed by atoms with Gasteiger partial charge in [-0.15, -0.1) is 0 Å². The van der Waals surface area contributed by atoms with Crippen LogP contribution in [0.1, 0.15) is 45.0 Å². The number of benzene rings is 3. The van der Waals surface area contributed by atoms with E-state index in [1.54, 1.807) is 25.6 Å². The number of ether oxygens (including phenoxy) is 2. The van der Waals surface area contributed by atoms with Crippen molar-refractivity contribution in [2.24, 2.45) is 0 Å². The van der Waals surface area contributed by atoms with Crippen LogP contribution in [-0.2, 0) is 11.2 Å². The fraction of sp³-hybridized carbons (Fsp3) is 0.182. The van der Waals surface area contributed by atoms with Gasteiger partial charge >= 0.3 is 0 Å². The molecule has 3 atom stereocenters. The van der Waals surface area contributed by atoms with Crippen LogP contribution >= 0.6 is 0 Å². The second-order valence-electron chi connectivity index (χ2n) is 10.5. The number of methoxy groups -OCH3 is 1. The first-order valence-electron chi connectivity index (χ1n) is 13.2. The van der Waals surface area contributed by atoms with Gasteiger partial charge in [0.15, 0.2) is 11.2 Å². The van der Waals surface area contributed by atoms with Gasteiger partial charge in [0.1, 0.15) is 17.3 Å². The molecule has 2 aliphatic rings. The molecule has 198 valence electrons. The molecule has 0 amide bonds. The third-order valence-corrected chi connectivity index (χ3v) is 8.19. The smallest absolute Gasteiger partial charge is 0.255 e. The molecular formula is C33H27N3O4. The minimum absolute atomic E-state index is 0.283. The zero-order valence-electron chi connectivity index (χ0n) is 22.3. The van der Waals surface area contributed by atoms with Gasteiger partial charge in [0.25, 0.3) is 5.56 Å². The van der Waals surface area contributed by atoms with E-state index < -0.39 is 17.1 Å². The number of pyridine rings is 1. The fourth-order valence-electron chi connectivity index (χ4n) is 6.66. The number of aliphatic hydroxyl groups is 1. The van der Waals surface area contributed by atoms with E-state index in [9.17, 15) is 9.90 Å². The molecule has 3 heterocycles. The SMILES string of the molecule is COc1ccc([C@@]23Oc4cc(C)cc(C)c4[C@]2(O)c2nc(-c4cccnc4)[nH]c(=O)c2[C@H]3c2ccccc2)cc1. The number of nitrogens with zero attached hydrogens (tertiary/aromatic N) is 2. The normalized spacial score (nSPS) is 22.2. The van der Waals surface area contributed by atoms with Crippen molar-refractivity contribution in [1.29, 1.82) is 0 Å². The molecule has 3 aromatic carbocycles. The Morgan fingerprint density at radius 2 is 1.77 bits per heavy atom. The van der Waals surface area contributed by atoms with Crippen LogP contribution in [0.4, 0.5) is 0 Å². The Morgan fingerprint density at radius 3 is 2.48 bits per heavy atom. The van der Waals surface area contributed by atoms with Gasteiger partial charge < -0.3 is 19.6 Å². The van der Waals surface area contributed by atoms with Crippen molar-refractivity contribution in [3.05, 3.63) is 141 Å². The molecule has 2 aromatic heterocycles. The number of hydrogen-bond acceptors (Lipinski definition) is 6. The molecule has 40 heavy (non-hydrogen) atoms. The maximum absolute atomic E-state index is 14.1. The molecular weight excluding hydrogens is 502 g/mol. The highest BCUT2D eigenvalue weighted by atomic mass is 16.5. The Labute approximate surface area is 231 Å². The predicted molar refractivity (Wildman–Crippen MR) is 151 cm³/mol. The Kier molecular flexibility index (Phi) is 5.24. The Bertz CT molecular complexity index is 1820. The molecule has 7 rings (SSSR count). The lowest BCUT2D eigenvalue weighted by atomic mass is 9.69. The summed E-state index contributed by atoms with van der Waals surface area (Å²) in [5.41, 5.74) is 1.79. The molecule has 2 N–H and O–H groups in total. The van der Waals surface area contributed by atoms with Crippen molar-refractivity contribution < 1.29 is 14.6 Å². The number of fused-ring (bicyclic) bond motifs is 5. The Hall–Kier alpha value is -4.75. The van der Waals surface area contributed by atoms with E-state index in [-0.39, 0.29) is 11.3 Å². The third-order valence-electron chi connectivity index (χ3n) is 8.19. The zero-order chi connectivity index (χ0) is 27.6. The molecule has 0 fully saturated rings. The number of hydrogen-bond donors (Lipinski definition) is 2. The van der Waals surface area contributed by atoms with Gasteiger partial charge in [-0.2, -0.15) is 0 Å². The minimum Gasteiger partial charge on any atom is -0.497 e. The monoisotopic (exact) mass is 529 g/mol. The van der Waals surface area contributed by atoms with Gasteiger partial charge in [0.2, 0.25) is 0 Å². The molecule has 0 saturated heterocycles. The average molecular weight is 530 g/mol. The van der Waals surface area contributed by atoms with E-state index in [0.717, 1.165) is 16.7 Å². The third kappa shape index (κ3) is 3.12. The summed E-state index contributed by atoms with van der Waals surface area (Å²) in [7, 11) is 1.61. The lowest BCUT2D eigenvalue weighted by Gasteiger charge is -2.40. The quantitative estimate of drug-likeness (QED) is 0.335. The predicted octanol–water partition coefficient (Wildman–Crippen LogP) is 5.13. The van der Waals surface area contributed by atoms with Crippen molar-refractivity contribution in [2.45, 2.75) is 31.0 Å². The molecule has 0 unspecified atom stereocenters. The van der Waals surface area contributed by atoms with Gasteiger partial charge in [-0.1, -0.05) is 48.5 Å². The van der Waals surface area contributed by atoms with E-state index in [1.807, 2.05) is 86.6 Å². The lowest BCUT2D eigenvalue weighted by molar-refractivity contribution is -0.0906. The topological polar surface area (TPSA) is 97.3 Å². The molecule has 0 spiro atoms. The van der Waals surface area contributed by atoms with Crippen LogP contribution < -0.4 is 15.0 Å². The summed E-state index contributed by atoms with van der Waals surface area (Å²) in [6.07, 6.45) is 3.30. The van der Waals surface area contributed by atoms with E-state index in [0.29, 0.717) is 39.6 Å². The Balaban J connectivity index is 1.63. The molecule has 7 nitrogen and oxygen atoms in total. The van der Waals surface area contributed by atoms with Crippen LogP contribution in [0.3, 0.4) is 0 Å². The standard InChI is InChI=1S/C33H27N3O4/c1-19-16-20(2)27-25(17-19)40-33(23-11-13-24(39-3)14-12-23)28(21-8-5-4-6-9-21)26-29(32(27,33)38)35-30(36-31(26)37)22-10-7-15-34-18-22/h4-18,28,38H,1-3H3,(H,35,36,37)/t28-,32+,33+/m1/s1. The second-order valence-corrected chi connectivity index (χ2v) is 10.5. The van der Waals surface area contributed by atoms with Crippen LogP contribution in [0.25, 0.3) is 11.4 Å². The molecule has 0 radical (unpaired) electrons. The summed E-state index contributed by atoms with van der Waals surface area (Å²) < 4.78 is 12.4. The summed E-state index contributed by atoms with van der Waals surface area (Å²) >= 11 is 0. The summed E-state index contributed by atoms with van der Waals surface area (Å²) in [4.78, 5) is 26.3. The van der Waals surface area contributed by atoms with Crippen molar-refractivity contribution >= 4 is 0 Å². The van der Waals surface area contributed by atoms with E-state index in [1.165, 1.54) is 0 Å². The lowest BCUT2D eigenvalue weighted by Crippen LogP contribution is -2.49. The first kappa shape index (κ1) is 24.3. The summed E-state index contributed by atoms with van der Waals surface area (Å²) in [5.74, 6) is 0.912. The first-order chi connectivity index (χ1) is 19.4. The number of aryl methyl sites for hydroxylation is 2. The highest BCUT2D eigenvalue weighted by Gasteiger charge is 2.73. The van der Waals surface area contributed by atoms with Gasteiger partial charge in [0.05, 0.1) is 24.3 Å². The summed E-state index contributed by atoms with van der Waals surface area (Å²) in [6.45, 7) is 3.96. The molecule has 1 aliphatic heterocycles. The average Bonchev–Trinajstić information content (AvgIpc) is 3.36. The van der Waals surface area contributed by atoms with Crippen LogP contribution in [-0.4, -0.2) is 27.2 Å². The van der Waals surface area contributed by atoms with Crippen molar-refractivity contribution in [3.63, 3.8) is 0 Å². The van der Waals surface area contributed by atoms with Crippen molar-refractivity contribution in [2.75, 3.05) is 7.11 Å². The van der Waals surface area contributed by atoms with Crippen LogP contribution in [0.15, 0.2) is 96.1 Å². The van der Waals surface area contributed by atoms with Crippen LogP contribution in [0.2, 0.25) is 0 Å². The van der Waals surface area contributed by atoms with Gasteiger partial charge in [0, 0.05) is 29.1 Å². The Morgan fingerprint density at radius 1 is 1.00 bits per heavy atom. The fourth-order valence-corrected chi connectivity index (χ4v) is 6.66. The summed E-state index contributed by atoms with van der Waals surface area (Å²) in [6, 6.07) is 24.8. The van der Waals surface area contributed by atoms with Gasteiger partial charge in [-0.3, -0.25) is 9.78 Å². The molecule has 0 saturated carbocycles. The number of rotatable bonds is 4. The number of aromatic nitrogens is 3. The van der Waals surface area contributed by atoms with Gasteiger partial charge in [-0.25, -0.2) is 4.98 Å². The maximum Gasteiger partial charge on any atom is 0.255 e. The van der Waals surface area contributed by atoms with E-state index in [2.05, 4.69) is 9.97 Å². The van der Waals surface area contributed by atoms with Crippen LogP contribution in [0.5, 0.6) is 11.5 Å². The second kappa shape index (κ2) is 8.63. The summed E-state index contributed by atoms with van der Waals surface area (Å²) in [5, 5.41) is 13.3. The van der Waals surface area contributed by atoms with Crippen LogP contribution in [0, 0.1) is 13.8 Å². The van der Waals surface area contributed by atoms with E-state index in [4.69, 9.17) is 14.5 Å². The van der Waals surface area contributed by atoms with E-state index >= 15 is 0 Å². The first-order valence-corrected chi connectivity index (χ1v) is 13.2. The number of aromatic amines is 1. The molecule has 5 aromatic rings. The highest BCUT2D eigenvalue weighted by molar-refractivity contribution is 5.67. The van der Waals surface area contributed by atoms with Crippen molar-refractivity contribution in [1.82, 2.24) is 15.0 Å². The number of H-pyrrole nitrogens is 1. The van der Waals surface area contributed by atoms with Gasteiger partial charge in [-0.05, 0) is 60.9 Å². The zero-order valence-corrected chi connectivity index (χ0v) is 22.3. The maximum atomic E-state index is 14.1. The molecule has 7 heteroatoms. The van der Waals surface area contributed by atoms with Crippen molar-refractivity contribution in [3.8, 4) is 22.9 Å². The minimum atomic E-state index is -1.78. The number of nitrogens with one attached hydrogen (secondary N) is 1.